The number of halogens is 2. The van der Waals surface area contributed by atoms with Crippen LogP contribution in [0.15, 0.2) is 48.7 Å². The van der Waals surface area contributed by atoms with Gasteiger partial charge < -0.3 is 10.6 Å². The van der Waals surface area contributed by atoms with E-state index in [-0.39, 0.29) is 11.1 Å². The molecule has 1 atom stereocenters. The number of nitrogens with zero attached hydrogens (tertiary/aromatic N) is 3. The molecule has 3 aromatic rings. The van der Waals surface area contributed by atoms with Gasteiger partial charge in [-0.1, -0.05) is 24.6 Å². The third kappa shape index (κ3) is 4.46. The third-order valence-electron chi connectivity index (χ3n) is 3.83. The molecule has 0 saturated heterocycles. The molecule has 0 spiro atoms. The van der Waals surface area contributed by atoms with Gasteiger partial charge in [-0.25, -0.2) is 9.37 Å². The largest absolute Gasteiger partial charge is 0.352 e. The molecule has 2 aromatic heterocycles. The molecule has 7 heteroatoms. The maximum Gasteiger partial charge on any atom is 0.225 e. The zero-order valence-corrected chi connectivity index (χ0v) is 15.3. The maximum absolute atomic E-state index is 13.4. The lowest BCUT2D eigenvalue weighted by Gasteiger charge is -2.14. The van der Waals surface area contributed by atoms with Crippen molar-refractivity contribution in [2.24, 2.45) is 0 Å². The zero-order chi connectivity index (χ0) is 18.5. The number of benzene rings is 1. The lowest BCUT2D eigenvalue weighted by Crippen LogP contribution is -2.16. The van der Waals surface area contributed by atoms with Gasteiger partial charge in [0, 0.05) is 24.0 Å². The van der Waals surface area contributed by atoms with E-state index in [2.05, 4.69) is 39.4 Å². The lowest BCUT2D eigenvalue weighted by molar-refractivity contribution is 0.628. The van der Waals surface area contributed by atoms with Crippen LogP contribution in [-0.2, 0) is 0 Å². The Labute approximate surface area is 156 Å². The Balaban J connectivity index is 1.97. The lowest BCUT2D eigenvalue weighted by atomic mass is 10.2. The standard InChI is InChI=1S/C19H19ClFN5/c1-3-12(2)23-19-25-17(16-6-4-5-9-22-16)11-18(26-19)24-13-7-8-15(21)14(20)10-13/h4-12H,3H2,1-2H3,(H2,23,24,25,26)/t12-/m1/s1. The fourth-order valence-electron chi connectivity index (χ4n) is 2.27. The van der Waals surface area contributed by atoms with Crippen LogP contribution in [0.25, 0.3) is 11.4 Å². The molecule has 2 N–H and O–H groups in total. The van der Waals surface area contributed by atoms with Crippen LogP contribution in [0.3, 0.4) is 0 Å². The minimum Gasteiger partial charge on any atom is -0.352 e. The average molecular weight is 372 g/mol. The second-order valence-corrected chi connectivity index (χ2v) is 6.29. The van der Waals surface area contributed by atoms with Crippen LogP contribution in [0, 0.1) is 5.82 Å². The second kappa shape index (κ2) is 8.10. The Hall–Kier alpha value is -2.73. The van der Waals surface area contributed by atoms with E-state index in [1.54, 1.807) is 18.3 Å². The Bertz CT molecular complexity index is 888. The van der Waals surface area contributed by atoms with Crippen LogP contribution in [0.2, 0.25) is 5.02 Å². The molecular formula is C19H19ClFN5. The second-order valence-electron chi connectivity index (χ2n) is 5.88. The number of nitrogens with one attached hydrogen (secondary N) is 2. The van der Waals surface area contributed by atoms with Crippen molar-refractivity contribution < 1.29 is 4.39 Å². The molecule has 5 nitrogen and oxygen atoms in total. The molecule has 0 aliphatic rings. The van der Waals surface area contributed by atoms with Gasteiger partial charge in [-0.05, 0) is 43.7 Å². The predicted octanol–water partition coefficient (Wildman–Crippen LogP) is 5.29. The van der Waals surface area contributed by atoms with Gasteiger partial charge in [0.25, 0.3) is 0 Å². The number of pyridine rings is 1. The summed E-state index contributed by atoms with van der Waals surface area (Å²) < 4.78 is 13.4. The van der Waals surface area contributed by atoms with Gasteiger partial charge in [0.05, 0.1) is 16.4 Å². The summed E-state index contributed by atoms with van der Waals surface area (Å²) in [7, 11) is 0. The molecular weight excluding hydrogens is 353 g/mol. The highest BCUT2D eigenvalue weighted by molar-refractivity contribution is 6.31. The summed E-state index contributed by atoms with van der Waals surface area (Å²) in [5.74, 6) is 0.598. The normalized spacial score (nSPS) is 11.8. The first kappa shape index (κ1) is 18.1. The van der Waals surface area contributed by atoms with Gasteiger partial charge in [-0.15, -0.1) is 0 Å². The molecule has 0 bridgehead atoms. The first-order valence-electron chi connectivity index (χ1n) is 8.34. The van der Waals surface area contributed by atoms with Crippen LogP contribution in [0.4, 0.5) is 21.8 Å². The van der Waals surface area contributed by atoms with Crippen molar-refractivity contribution >= 4 is 29.1 Å². The molecule has 1 aromatic carbocycles. The zero-order valence-electron chi connectivity index (χ0n) is 14.5. The first-order valence-corrected chi connectivity index (χ1v) is 8.72. The Morgan fingerprint density at radius 1 is 1.12 bits per heavy atom. The van der Waals surface area contributed by atoms with E-state index in [4.69, 9.17) is 11.6 Å². The van der Waals surface area contributed by atoms with E-state index in [0.29, 0.717) is 23.1 Å². The highest BCUT2D eigenvalue weighted by Gasteiger charge is 2.10. The van der Waals surface area contributed by atoms with Crippen molar-refractivity contribution in [3.05, 3.63) is 59.5 Å². The molecule has 0 aliphatic heterocycles. The molecule has 0 amide bonds. The maximum atomic E-state index is 13.4. The number of rotatable bonds is 6. The molecule has 3 rings (SSSR count). The molecule has 0 aliphatic carbocycles. The van der Waals surface area contributed by atoms with Gasteiger partial charge in [-0.3, -0.25) is 4.98 Å². The van der Waals surface area contributed by atoms with Crippen LogP contribution >= 0.6 is 11.6 Å². The van der Waals surface area contributed by atoms with Crippen LogP contribution in [0.1, 0.15) is 20.3 Å². The molecule has 2 heterocycles. The van der Waals surface area contributed by atoms with Gasteiger partial charge in [0.2, 0.25) is 5.95 Å². The predicted molar refractivity (Wildman–Crippen MR) is 103 cm³/mol. The quantitative estimate of drug-likeness (QED) is 0.616. The van der Waals surface area contributed by atoms with Gasteiger partial charge in [-0.2, -0.15) is 4.98 Å². The van der Waals surface area contributed by atoms with Crippen LogP contribution in [-0.4, -0.2) is 21.0 Å². The van der Waals surface area contributed by atoms with Crippen LogP contribution in [0.5, 0.6) is 0 Å². The van der Waals surface area contributed by atoms with E-state index >= 15 is 0 Å². The van der Waals surface area contributed by atoms with E-state index in [1.807, 2.05) is 18.2 Å². The van der Waals surface area contributed by atoms with E-state index in [1.165, 1.54) is 12.1 Å². The number of hydrogen-bond donors (Lipinski definition) is 2. The summed E-state index contributed by atoms with van der Waals surface area (Å²) in [6.07, 6.45) is 2.65. The van der Waals surface area contributed by atoms with E-state index < -0.39 is 5.82 Å². The molecule has 0 saturated carbocycles. The Kier molecular flexibility index (Phi) is 5.63. The highest BCUT2D eigenvalue weighted by atomic mass is 35.5. The summed E-state index contributed by atoms with van der Waals surface area (Å²) in [5, 5.41) is 6.46. The number of anilines is 3. The molecule has 0 radical (unpaired) electrons. The number of hydrogen-bond acceptors (Lipinski definition) is 5. The monoisotopic (exact) mass is 371 g/mol. The minimum absolute atomic E-state index is 0.0481. The topological polar surface area (TPSA) is 62.7 Å². The summed E-state index contributed by atoms with van der Waals surface area (Å²) in [6.45, 7) is 4.14. The summed E-state index contributed by atoms with van der Waals surface area (Å²) in [6, 6.07) is 12.1. The fraction of sp³-hybridized carbons (Fsp3) is 0.211. The van der Waals surface area contributed by atoms with Gasteiger partial charge >= 0.3 is 0 Å². The Morgan fingerprint density at radius 2 is 1.96 bits per heavy atom. The van der Waals surface area contributed by atoms with E-state index in [9.17, 15) is 4.39 Å². The third-order valence-corrected chi connectivity index (χ3v) is 4.12. The average Bonchev–Trinajstić information content (AvgIpc) is 2.65. The molecule has 26 heavy (non-hydrogen) atoms. The van der Waals surface area contributed by atoms with Gasteiger partial charge in [0.15, 0.2) is 0 Å². The number of aromatic nitrogens is 3. The highest BCUT2D eigenvalue weighted by Crippen LogP contribution is 2.25. The summed E-state index contributed by atoms with van der Waals surface area (Å²) in [4.78, 5) is 13.4. The van der Waals surface area contributed by atoms with Crippen LogP contribution < -0.4 is 10.6 Å². The van der Waals surface area contributed by atoms with Crippen molar-refractivity contribution in [3.8, 4) is 11.4 Å². The van der Waals surface area contributed by atoms with E-state index in [0.717, 1.165) is 12.1 Å². The minimum atomic E-state index is -0.465. The smallest absolute Gasteiger partial charge is 0.225 e. The Morgan fingerprint density at radius 3 is 2.65 bits per heavy atom. The van der Waals surface area contributed by atoms with Gasteiger partial charge in [0.1, 0.15) is 11.6 Å². The van der Waals surface area contributed by atoms with Crippen molar-refractivity contribution in [2.75, 3.05) is 10.6 Å². The molecule has 0 unspecified atom stereocenters. The van der Waals surface area contributed by atoms with Crippen molar-refractivity contribution in [3.63, 3.8) is 0 Å². The summed E-state index contributed by atoms with van der Waals surface area (Å²) >= 11 is 5.86. The SMILES string of the molecule is CC[C@@H](C)Nc1nc(Nc2ccc(F)c(Cl)c2)cc(-c2ccccn2)n1. The molecule has 0 fully saturated rings. The molecule has 134 valence electrons. The van der Waals surface area contributed by atoms with Crippen molar-refractivity contribution in [2.45, 2.75) is 26.3 Å². The first-order chi connectivity index (χ1) is 12.5. The van der Waals surface area contributed by atoms with Crippen molar-refractivity contribution in [1.82, 2.24) is 15.0 Å². The summed E-state index contributed by atoms with van der Waals surface area (Å²) in [5.41, 5.74) is 2.06. The van der Waals surface area contributed by atoms with Crippen molar-refractivity contribution in [1.29, 1.82) is 0 Å². The fourth-order valence-corrected chi connectivity index (χ4v) is 2.45.